The lowest BCUT2D eigenvalue weighted by Crippen LogP contribution is -2.40. The molecule has 0 bridgehead atoms. The second kappa shape index (κ2) is 10.3. The molecule has 0 aliphatic carbocycles. The molecular formula is C23H29FN2O3. The van der Waals surface area contributed by atoms with Gasteiger partial charge in [-0.25, -0.2) is 4.39 Å². The Labute approximate surface area is 171 Å². The summed E-state index contributed by atoms with van der Waals surface area (Å²) < 4.78 is 24.0. The summed E-state index contributed by atoms with van der Waals surface area (Å²) in [6.07, 6.45) is 2.19. The number of nitrogens with zero attached hydrogens (tertiary/aromatic N) is 1. The van der Waals surface area contributed by atoms with Gasteiger partial charge >= 0.3 is 0 Å². The maximum atomic E-state index is 13.0. The van der Waals surface area contributed by atoms with E-state index in [1.54, 1.807) is 7.11 Å². The molecule has 1 atom stereocenters. The molecule has 1 aliphatic heterocycles. The van der Waals surface area contributed by atoms with Crippen LogP contribution in [0.5, 0.6) is 11.5 Å². The molecule has 1 heterocycles. The fourth-order valence-electron chi connectivity index (χ4n) is 3.75. The topological polar surface area (TPSA) is 50.8 Å². The SMILES string of the molecule is CCOc1cc(CN2CCC[C@@H](CNC(=O)c3ccc(F)cc3)C2)ccc1OC. The number of amides is 1. The number of piperidine rings is 1. The Morgan fingerprint density at radius 3 is 2.72 bits per heavy atom. The number of rotatable bonds is 8. The molecule has 1 aliphatic rings. The predicted molar refractivity (Wildman–Crippen MR) is 111 cm³/mol. The molecule has 6 heteroatoms. The van der Waals surface area contributed by atoms with Crippen molar-refractivity contribution in [2.24, 2.45) is 5.92 Å². The van der Waals surface area contributed by atoms with Crippen LogP contribution in [0.2, 0.25) is 0 Å². The maximum absolute atomic E-state index is 13.0. The normalized spacial score (nSPS) is 17.0. The first-order valence-electron chi connectivity index (χ1n) is 10.1. The zero-order valence-electron chi connectivity index (χ0n) is 17.1. The second-order valence-electron chi connectivity index (χ2n) is 7.38. The number of benzene rings is 2. The zero-order chi connectivity index (χ0) is 20.6. The maximum Gasteiger partial charge on any atom is 0.251 e. The van der Waals surface area contributed by atoms with Crippen LogP contribution in [0.4, 0.5) is 4.39 Å². The lowest BCUT2D eigenvalue weighted by atomic mass is 9.97. The molecular weight excluding hydrogens is 371 g/mol. The molecule has 0 spiro atoms. The average Bonchev–Trinajstić information content (AvgIpc) is 2.73. The van der Waals surface area contributed by atoms with Crippen LogP contribution in [-0.4, -0.2) is 44.2 Å². The number of methoxy groups -OCH3 is 1. The van der Waals surface area contributed by atoms with E-state index in [4.69, 9.17) is 9.47 Å². The van der Waals surface area contributed by atoms with Crippen LogP contribution in [0.1, 0.15) is 35.7 Å². The van der Waals surface area contributed by atoms with Crippen molar-refractivity contribution in [2.45, 2.75) is 26.3 Å². The molecule has 5 nitrogen and oxygen atoms in total. The lowest BCUT2D eigenvalue weighted by molar-refractivity contribution is 0.0930. The highest BCUT2D eigenvalue weighted by molar-refractivity contribution is 5.94. The molecule has 0 saturated carbocycles. The van der Waals surface area contributed by atoms with E-state index in [9.17, 15) is 9.18 Å². The van der Waals surface area contributed by atoms with Gasteiger partial charge in [0, 0.05) is 25.2 Å². The van der Waals surface area contributed by atoms with Crippen LogP contribution in [0.25, 0.3) is 0 Å². The molecule has 1 N–H and O–H groups in total. The van der Waals surface area contributed by atoms with Crippen molar-refractivity contribution >= 4 is 5.91 Å². The number of carbonyl (C=O) groups excluding carboxylic acids is 1. The molecule has 1 saturated heterocycles. The summed E-state index contributed by atoms with van der Waals surface area (Å²) in [5.74, 6) is 1.43. The molecule has 29 heavy (non-hydrogen) atoms. The summed E-state index contributed by atoms with van der Waals surface area (Å²) in [4.78, 5) is 14.7. The zero-order valence-corrected chi connectivity index (χ0v) is 17.1. The lowest BCUT2D eigenvalue weighted by Gasteiger charge is -2.33. The number of carbonyl (C=O) groups is 1. The van der Waals surface area contributed by atoms with Crippen LogP contribution >= 0.6 is 0 Å². The average molecular weight is 400 g/mol. The van der Waals surface area contributed by atoms with Gasteiger partial charge in [-0.05, 0) is 74.2 Å². The van der Waals surface area contributed by atoms with Crippen molar-refractivity contribution in [2.75, 3.05) is 33.4 Å². The van der Waals surface area contributed by atoms with Crippen molar-refractivity contribution in [1.82, 2.24) is 10.2 Å². The Balaban J connectivity index is 1.53. The first-order chi connectivity index (χ1) is 14.1. The number of nitrogens with one attached hydrogen (secondary N) is 1. The minimum Gasteiger partial charge on any atom is -0.493 e. The number of hydrogen-bond acceptors (Lipinski definition) is 4. The van der Waals surface area contributed by atoms with Gasteiger partial charge in [0.25, 0.3) is 5.91 Å². The number of halogens is 1. The molecule has 156 valence electrons. The highest BCUT2D eigenvalue weighted by Crippen LogP contribution is 2.29. The van der Waals surface area contributed by atoms with E-state index in [1.165, 1.54) is 29.8 Å². The number of hydrogen-bond donors (Lipinski definition) is 1. The van der Waals surface area contributed by atoms with Gasteiger partial charge in [0.05, 0.1) is 13.7 Å². The molecule has 2 aromatic carbocycles. The van der Waals surface area contributed by atoms with Crippen LogP contribution < -0.4 is 14.8 Å². The highest BCUT2D eigenvalue weighted by atomic mass is 19.1. The van der Waals surface area contributed by atoms with Crippen molar-refractivity contribution < 1.29 is 18.7 Å². The van der Waals surface area contributed by atoms with E-state index >= 15 is 0 Å². The van der Waals surface area contributed by atoms with Crippen LogP contribution in [-0.2, 0) is 6.54 Å². The fraction of sp³-hybridized carbons (Fsp3) is 0.435. The first kappa shape index (κ1) is 21.1. The Hall–Kier alpha value is -2.60. The van der Waals surface area contributed by atoms with E-state index in [-0.39, 0.29) is 11.7 Å². The summed E-state index contributed by atoms with van der Waals surface area (Å²) in [5, 5.41) is 2.99. The minimum atomic E-state index is -0.338. The third-order valence-corrected chi connectivity index (χ3v) is 5.19. The van der Waals surface area contributed by atoms with E-state index in [0.29, 0.717) is 24.6 Å². The summed E-state index contributed by atoms with van der Waals surface area (Å²) in [6, 6.07) is 11.7. The monoisotopic (exact) mass is 400 g/mol. The molecule has 1 amide bonds. The first-order valence-corrected chi connectivity index (χ1v) is 10.1. The van der Waals surface area contributed by atoms with Crippen LogP contribution in [0.3, 0.4) is 0 Å². The second-order valence-corrected chi connectivity index (χ2v) is 7.38. The minimum absolute atomic E-state index is 0.154. The Morgan fingerprint density at radius 1 is 1.21 bits per heavy atom. The number of ether oxygens (including phenoxy) is 2. The summed E-state index contributed by atoms with van der Waals surface area (Å²) in [7, 11) is 1.65. The van der Waals surface area contributed by atoms with Gasteiger partial charge in [0.15, 0.2) is 11.5 Å². The van der Waals surface area contributed by atoms with Gasteiger partial charge in [0.1, 0.15) is 5.82 Å². The molecule has 3 rings (SSSR count). The molecule has 2 aromatic rings. The standard InChI is InChI=1S/C23H29FN2O3/c1-3-29-22-13-17(6-11-21(22)28-2)15-26-12-4-5-18(16-26)14-25-23(27)19-7-9-20(24)10-8-19/h6-11,13,18H,3-5,12,14-16H2,1-2H3,(H,25,27)/t18-/m0/s1. The van der Waals surface area contributed by atoms with Crippen LogP contribution in [0.15, 0.2) is 42.5 Å². The van der Waals surface area contributed by atoms with Gasteiger partial charge in [-0.15, -0.1) is 0 Å². The van der Waals surface area contributed by atoms with E-state index in [2.05, 4.69) is 16.3 Å². The van der Waals surface area contributed by atoms with Crippen molar-refractivity contribution in [3.05, 3.63) is 59.4 Å². The largest absolute Gasteiger partial charge is 0.493 e. The van der Waals surface area contributed by atoms with Gasteiger partial charge in [-0.1, -0.05) is 6.07 Å². The van der Waals surface area contributed by atoms with Crippen molar-refractivity contribution in [3.8, 4) is 11.5 Å². The molecule has 0 radical (unpaired) electrons. The Morgan fingerprint density at radius 2 is 2.00 bits per heavy atom. The van der Waals surface area contributed by atoms with Gasteiger partial charge in [-0.3, -0.25) is 9.69 Å². The quantitative estimate of drug-likeness (QED) is 0.731. The van der Waals surface area contributed by atoms with Gasteiger partial charge < -0.3 is 14.8 Å². The fourth-order valence-corrected chi connectivity index (χ4v) is 3.75. The Kier molecular flexibility index (Phi) is 7.47. The van der Waals surface area contributed by atoms with Crippen LogP contribution in [0, 0.1) is 11.7 Å². The number of likely N-dealkylation sites (tertiary alicyclic amines) is 1. The molecule has 0 unspecified atom stereocenters. The van der Waals surface area contributed by atoms with Crippen molar-refractivity contribution in [1.29, 1.82) is 0 Å². The van der Waals surface area contributed by atoms with E-state index < -0.39 is 0 Å². The third-order valence-electron chi connectivity index (χ3n) is 5.19. The Bertz CT molecular complexity index is 810. The summed E-state index contributed by atoms with van der Waals surface area (Å²) >= 11 is 0. The van der Waals surface area contributed by atoms with Gasteiger partial charge in [0.2, 0.25) is 0 Å². The van der Waals surface area contributed by atoms with Gasteiger partial charge in [-0.2, -0.15) is 0 Å². The summed E-state index contributed by atoms with van der Waals surface area (Å²) in [5.41, 5.74) is 1.67. The van der Waals surface area contributed by atoms with E-state index in [0.717, 1.165) is 44.0 Å². The highest BCUT2D eigenvalue weighted by Gasteiger charge is 2.21. The van der Waals surface area contributed by atoms with E-state index in [1.807, 2.05) is 19.1 Å². The van der Waals surface area contributed by atoms with Crippen molar-refractivity contribution in [3.63, 3.8) is 0 Å². The molecule has 0 aromatic heterocycles. The predicted octanol–water partition coefficient (Wildman–Crippen LogP) is 3.88. The molecule has 1 fully saturated rings. The summed E-state index contributed by atoms with van der Waals surface area (Å²) in [6.45, 7) is 5.99. The smallest absolute Gasteiger partial charge is 0.251 e. The third kappa shape index (κ3) is 5.94.